The Morgan fingerprint density at radius 2 is 2.10 bits per heavy atom. The number of anilines is 1. The highest BCUT2D eigenvalue weighted by molar-refractivity contribution is 8.68. The number of alkyl halides is 1. The number of rotatable bonds is 7. The maximum absolute atomic E-state index is 16.4. The van der Waals surface area contributed by atoms with E-state index < -0.39 is 38.6 Å². The molecule has 0 aromatic carbocycles. The number of ether oxygens (including phenoxy) is 1. The predicted molar refractivity (Wildman–Crippen MR) is 164 cm³/mol. The van der Waals surface area contributed by atoms with Crippen molar-refractivity contribution in [2.45, 2.75) is 107 Å². The van der Waals surface area contributed by atoms with Gasteiger partial charge in [0.1, 0.15) is 24.1 Å². The van der Waals surface area contributed by atoms with Crippen LogP contribution >= 0.6 is 17.1 Å². The molecule has 14 heteroatoms. The Labute approximate surface area is 246 Å². The van der Waals surface area contributed by atoms with Crippen molar-refractivity contribution >= 4 is 54.2 Å². The predicted octanol–water partition coefficient (Wildman–Crippen LogP) is 6.54. The van der Waals surface area contributed by atoms with Gasteiger partial charge in [-0.15, -0.1) is 0 Å². The van der Waals surface area contributed by atoms with Crippen LogP contribution in [0, 0.1) is 5.92 Å². The average molecular weight is 630 g/mol. The highest BCUT2D eigenvalue weighted by Gasteiger charge is 2.55. The topological polar surface area (TPSA) is 107 Å². The first-order chi connectivity index (χ1) is 18.5. The molecule has 9 nitrogen and oxygen atoms in total. The smallest absolute Gasteiger partial charge is 0.248 e. The van der Waals surface area contributed by atoms with E-state index in [-0.39, 0.29) is 28.3 Å². The number of halogens is 1. The van der Waals surface area contributed by atoms with Gasteiger partial charge in [-0.1, -0.05) is 44.3 Å². The van der Waals surface area contributed by atoms with Crippen LogP contribution in [0.3, 0.4) is 0 Å². The summed E-state index contributed by atoms with van der Waals surface area (Å²) < 4.78 is 43.7. The fraction of sp³-hybridized carbons (Fsp3) is 0.731. The van der Waals surface area contributed by atoms with Crippen molar-refractivity contribution < 1.29 is 22.6 Å². The lowest BCUT2D eigenvalue weighted by Gasteiger charge is -2.39. The van der Waals surface area contributed by atoms with Crippen LogP contribution in [0.15, 0.2) is 24.8 Å². The van der Waals surface area contributed by atoms with Crippen molar-refractivity contribution in [2.75, 3.05) is 12.3 Å². The second kappa shape index (κ2) is 10.7. The van der Waals surface area contributed by atoms with Gasteiger partial charge in [0.15, 0.2) is 32.2 Å². The summed E-state index contributed by atoms with van der Waals surface area (Å²) in [4.78, 5) is 12.6. The van der Waals surface area contributed by atoms with Crippen LogP contribution in [0.4, 0.5) is 10.2 Å². The number of nitrogen functional groups attached to an aromatic ring is 1. The number of nitrogens with zero attached hydrogens (tertiary/aromatic N) is 4. The van der Waals surface area contributed by atoms with Crippen molar-refractivity contribution in [2.24, 2.45) is 5.92 Å². The molecule has 2 aliphatic heterocycles. The third-order valence-corrected chi connectivity index (χ3v) is 19.3. The fourth-order valence-corrected chi connectivity index (χ4v) is 13.8. The van der Waals surface area contributed by atoms with Gasteiger partial charge in [0.2, 0.25) is 5.69 Å². The molecule has 40 heavy (non-hydrogen) atoms. The van der Waals surface area contributed by atoms with E-state index in [0.29, 0.717) is 17.1 Å². The maximum atomic E-state index is 16.4. The molecule has 5 rings (SSSR count). The van der Waals surface area contributed by atoms with Crippen LogP contribution in [-0.4, -0.2) is 63.7 Å². The molecule has 222 valence electrons. The quantitative estimate of drug-likeness (QED) is 0.206. The third kappa shape index (κ3) is 5.57. The van der Waals surface area contributed by atoms with Crippen LogP contribution in [-0.2, 0) is 30.0 Å². The molecule has 0 radical (unpaired) electrons. The van der Waals surface area contributed by atoms with Crippen molar-refractivity contribution in [3.8, 4) is 0 Å². The van der Waals surface area contributed by atoms with Gasteiger partial charge in [0, 0.05) is 4.75 Å². The van der Waals surface area contributed by atoms with Gasteiger partial charge in [-0.05, 0) is 69.0 Å². The third-order valence-electron chi connectivity index (χ3n) is 9.00. The molecule has 3 fully saturated rings. The Balaban J connectivity index is 1.38. The van der Waals surface area contributed by atoms with E-state index in [1.807, 2.05) is 0 Å². The zero-order valence-corrected chi connectivity index (χ0v) is 27.8. The Bertz CT molecular complexity index is 1340. The molecule has 0 amide bonds. The molecule has 2 aromatic heterocycles. The minimum Gasteiger partial charge on any atom is -0.408 e. The first-order valence-electron chi connectivity index (χ1n) is 13.7. The zero-order valence-electron chi connectivity index (χ0n) is 24.3. The molecular weight excluding hydrogens is 589 g/mol. The second-order valence-electron chi connectivity index (χ2n) is 13.0. The van der Waals surface area contributed by atoms with Crippen LogP contribution in [0.25, 0.3) is 11.2 Å². The molecule has 2 N–H and O–H groups in total. The molecule has 1 saturated carbocycles. The summed E-state index contributed by atoms with van der Waals surface area (Å²) in [5, 5.41) is -0.125. The summed E-state index contributed by atoms with van der Waals surface area (Å²) >= 11 is 7.64. The van der Waals surface area contributed by atoms with Crippen molar-refractivity contribution in [3.05, 3.63) is 24.8 Å². The normalized spacial score (nSPS) is 36.7. The van der Waals surface area contributed by atoms with E-state index in [1.165, 1.54) is 18.2 Å². The van der Waals surface area contributed by atoms with E-state index in [2.05, 4.69) is 69.2 Å². The van der Waals surface area contributed by atoms with Crippen LogP contribution in [0.1, 0.15) is 60.1 Å². The maximum Gasteiger partial charge on any atom is 0.248 e. The monoisotopic (exact) mass is 629 g/mol. The number of imidazole rings is 1. The molecule has 0 spiro atoms. The van der Waals surface area contributed by atoms with Gasteiger partial charge in [-0.2, -0.15) is 0 Å². The van der Waals surface area contributed by atoms with E-state index >= 15 is 4.39 Å². The summed E-state index contributed by atoms with van der Waals surface area (Å²) in [5.41, 5.74) is 5.27. The Morgan fingerprint density at radius 1 is 1.38 bits per heavy atom. The number of allylic oxidation sites excluding steroid dienone is 1. The minimum atomic E-state index is -2.69. The highest BCUT2D eigenvalue weighted by Crippen LogP contribution is 2.75. The number of nitrogens with two attached hydrogens (primary N) is 1. The van der Waals surface area contributed by atoms with E-state index in [9.17, 15) is 0 Å². The summed E-state index contributed by atoms with van der Waals surface area (Å²) in [7, 11) is -2.37. The van der Waals surface area contributed by atoms with E-state index in [4.69, 9.17) is 35.8 Å². The van der Waals surface area contributed by atoms with E-state index in [1.54, 1.807) is 15.9 Å². The molecule has 8 atom stereocenters. The molecule has 0 bridgehead atoms. The summed E-state index contributed by atoms with van der Waals surface area (Å²) in [6.07, 6.45) is 1.71. The SMILES string of the molecule is C=C(C)[C@@H]1CC[C@]2(C)S[P@@](=S)(OC[C@H]3O[C@@H](n4cnc5c(N)ncnc54)[C@H](F)[C@@H]3O[Si](C)(C)C(C)(C)C)O[C@H]2C1. The lowest BCUT2D eigenvalue weighted by Crippen LogP contribution is -2.49. The molecule has 4 heterocycles. The molecule has 2 aromatic rings. The Kier molecular flexibility index (Phi) is 8.14. The molecular formula is C26H41FN5O4PS2Si. The lowest BCUT2D eigenvalue weighted by molar-refractivity contribution is -0.0405. The zero-order chi connectivity index (χ0) is 29.3. The van der Waals surface area contributed by atoms with Gasteiger partial charge >= 0.3 is 0 Å². The van der Waals surface area contributed by atoms with Gasteiger partial charge in [0.05, 0.1) is 19.0 Å². The summed E-state index contributed by atoms with van der Waals surface area (Å²) in [6, 6.07) is 0. The summed E-state index contributed by atoms with van der Waals surface area (Å²) in [5.74, 6) is 0.653. The second-order valence-corrected chi connectivity index (χ2v) is 24.4. The molecule has 0 unspecified atom stereocenters. The first kappa shape index (κ1) is 30.5. The summed E-state index contributed by atoms with van der Waals surface area (Å²) in [6.45, 7) is 19.1. The molecule has 3 aliphatic rings. The van der Waals surface area contributed by atoms with Gasteiger partial charge in [0.25, 0.3) is 0 Å². The average Bonchev–Trinajstić information content (AvgIpc) is 3.48. The van der Waals surface area contributed by atoms with Gasteiger partial charge in [-0.3, -0.25) is 4.57 Å². The number of hydrogen-bond donors (Lipinski definition) is 1. The Morgan fingerprint density at radius 3 is 2.77 bits per heavy atom. The van der Waals surface area contributed by atoms with Crippen molar-refractivity contribution in [1.82, 2.24) is 19.5 Å². The highest BCUT2D eigenvalue weighted by atomic mass is 32.9. The number of hydrogen-bond acceptors (Lipinski definition) is 10. The van der Waals surface area contributed by atoms with Crippen LogP contribution in [0.2, 0.25) is 18.1 Å². The standard InChI is InChI=1S/C26H41FN5O4PS2Si/c1-15(2)16-9-10-26(6)18(11-16)35-37(38,39-26)33-12-17-21(36-40(7,8)25(3,4)5)19(27)24(34-17)32-14-31-20-22(28)29-13-30-23(20)32/h13-14,16-19,21,24H,1,9-12H2,2-8H3,(H2,28,29,30)/t16-,17-,18+,19-,21-,24-,26+,37+/m1/s1. The number of fused-ring (bicyclic) bond motifs is 2. The minimum absolute atomic E-state index is 0.00619. The Hall–Kier alpha value is -0.923. The van der Waals surface area contributed by atoms with Gasteiger partial charge < -0.3 is 23.9 Å². The number of aromatic nitrogens is 4. The lowest BCUT2D eigenvalue weighted by atomic mass is 9.77. The van der Waals surface area contributed by atoms with Crippen molar-refractivity contribution in [1.29, 1.82) is 0 Å². The molecule has 1 aliphatic carbocycles. The van der Waals surface area contributed by atoms with Crippen molar-refractivity contribution in [3.63, 3.8) is 0 Å². The van der Waals surface area contributed by atoms with E-state index in [0.717, 1.165) is 19.3 Å². The largest absolute Gasteiger partial charge is 0.408 e. The molecule has 2 saturated heterocycles. The van der Waals surface area contributed by atoms with Crippen LogP contribution in [0.5, 0.6) is 0 Å². The first-order valence-corrected chi connectivity index (χ1v) is 20.7. The van der Waals surface area contributed by atoms with Crippen LogP contribution < -0.4 is 5.73 Å². The van der Waals surface area contributed by atoms with Gasteiger partial charge in [-0.25, -0.2) is 19.3 Å². The fourth-order valence-electron chi connectivity index (χ4n) is 5.37.